The highest BCUT2D eigenvalue weighted by molar-refractivity contribution is 6.36. The van der Waals surface area contributed by atoms with Crippen LogP contribution in [0.1, 0.15) is 12.8 Å². The van der Waals surface area contributed by atoms with E-state index in [1.165, 1.54) is 0 Å². The Morgan fingerprint density at radius 3 is 2.41 bits per heavy atom. The molecule has 0 unspecified atom stereocenters. The van der Waals surface area contributed by atoms with E-state index in [0.717, 1.165) is 44.1 Å². The Kier molecular flexibility index (Phi) is 4.59. The Bertz CT molecular complexity index is 648. The first-order valence-electron chi connectivity index (χ1n) is 6.82. The van der Waals surface area contributed by atoms with Crippen molar-refractivity contribution in [2.75, 3.05) is 18.0 Å². The van der Waals surface area contributed by atoms with Crippen LogP contribution in [0.25, 0.3) is 0 Å². The first kappa shape index (κ1) is 15.2. The average Bonchev–Trinajstić information content (AvgIpc) is 2.51. The molecule has 8 heteroatoms. The molecule has 0 spiro atoms. The topological polar surface area (TPSA) is 51.1 Å². The number of halogens is 3. The summed E-state index contributed by atoms with van der Waals surface area (Å²) in [5, 5.41) is 1.05. The van der Waals surface area contributed by atoms with Gasteiger partial charge in [0.25, 0.3) is 0 Å². The minimum Gasteiger partial charge on any atom is -0.460 e. The van der Waals surface area contributed by atoms with Crippen molar-refractivity contribution in [1.82, 2.24) is 15.0 Å². The fraction of sp³-hybridized carbons (Fsp3) is 0.357. The van der Waals surface area contributed by atoms with Crippen LogP contribution in [0.3, 0.4) is 0 Å². The van der Waals surface area contributed by atoms with Gasteiger partial charge in [0, 0.05) is 32.1 Å². The van der Waals surface area contributed by atoms with Gasteiger partial charge in [-0.05, 0) is 6.07 Å². The van der Waals surface area contributed by atoms with Crippen LogP contribution < -0.4 is 9.64 Å². The monoisotopic (exact) mass is 342 g/mol. The van der Waals surface area contributed by atoms with Crippen LogP contribution in [0, 0.1) is 5.82 Å². The quantitative estimate of drug-likeness (QED) is 0.855. The number of rotatable bonds is 3. The fourth-order valence-corrected chi connectivity index (χ4v) is 2.84. The van der Waals surface area contributed by atoms with Crippen molar-refractivity contribution < 1.29 is 9.13 Å². The number of nitrogens with zero attached hydrogens (tertiary/aromatic N) is 4. The number of hydrogen-bond acceptors (Lipinski definition) is 5. The van der Waals surface area contributed by atoms with Gasteiger partial charge < -0.3 is 9.64 Å². The summed E-state index contributed by atoms with van der Waals surface area (Å²) in [5.41, 5.74) is 0. The third-order valence-corrected chi connectivity index (χ3v) is 3.88. The standard InChI is InChI=1S/C14H13Cl2FN4O/c15-9-5-12(16)13(18-6-9)21-3-1-11(2-4-21)22-14-19-7-10(17)8-20-14/h5-8,11H,1-4H2. The lowest BCUT2D eigenvalue weighted by molar-refractivity contribution is 0.155. The van der Waals surface area contributed by atoms with Gasteiger partial charge >= 0.3 is 6.01 Å². The molecule has 0 aromatic carbocycles. The highest BCUT2D eigenvalue weighted by Crippen LogP contribution is 2.28. The van der Waals surface area contributed by atoms with Crippen molar-refractivity contribution in [3.05, 3.63) is 40.5 Å². The van der Waals surface area contributed by atoms with Gasteiger partial charge in [-0.2, -0.15) is 0 Å². The summed E-state index contributed by atoms with van der Waals surface area (Å²) in [4.78, 5) is 14.0. The number of hydrogen-bond donors (Lipinski definition) is 0. The largest absolute Gasteiger partial charge is 0.460 e. The molecule has 0 saturated carbocycles. The molecule has 1 saturated heterocycles. The molecule has 1 fully saturated rings. The lowest BCUT2D eigenvalue weighted by Crippen LogP contribution is -2.39. The van der Waals surface area contributed by atoms with Gasteiger partial charge in [0.05, 0.1) is 22.4 Å². The van der Waals surface area contributed by atoms with Gasteiger partial charge in [-0.15, -0.1) is 0 Å². The lowest BCUT2D eigenvalue weighted by Gasteiger charge is -2.32. The molecular formula is C14H13Cl2FN4O. The maximum absolute atomic E-state index is 12.8. The Balaban J connectivity index is 1.59. The molecule has 22 heavy (non-hydrogen) atoms. The normalized spacial score (nSPS) is 15.9. The van der Waals surface area contributed by atoms with Crippen LogP contribution >= 0.6 is 23.2 Å². The molecule has 116 valence electrons. The molecule has 2 aromatic heterocycles. The fourth-order valence-electron chi connectivity index (χ4n) is 2.34. The van der Waals surface area contributed by atoms with E-state index in [9.17, 15) is 4.39 Å². The zero-order valence-corrected chi connectivity index (χ0v) is 13.1. The minimum atomic E-state index is -0.481. The zero-order valence-electron chi connectivity index (χ0n) is 11.5. The van der Waals surface area contributed by atoms with Gasteiger partial charge in [0.2, 0.25) is 0 Å². The smallest absolute Gasteiger partial charge is 0.316 e. The summed E-state index contributed by atoms with van der Waals surface area (Å²) in [6.45, 7) is 1.50. The van der Waals surface area contributed by atoms with Crippen LogP contribution in [0.15, 0.2) is 24.7 Å². The molecule has 0 bridgehead atoms. The highest BCUT2D eigenvalue weighted by atomic mass is 35.5. The molecule has 2 aromatic rings. The first-order chi connectivity index (χ1) is 10.6. The third kappa shape index (κ3) is 3.56. The van der Waals surface area contributed by atoms with Crippen LogP contribution in [0.2, 0.25) is 10.0 Å². The molecule has 0 radical (unpaired) electrons. The van der Waals surface area contributed by atoms with E-state index >= 15 is 0 Å². The average molecular weight is 343 g/mol. The van der Waals surface area contributed by atoms with Gasteiger partial charge in [-0.25, -0.2) is 19.3 Å². The number of anilines is 1. The second-order valence-electron chi connectivity index (χ2n) is 4.95. The minimum absolute atomic E-state index is 0.00668. The van der Waals surface area contributed by atoms with E-state index in [1.807, 2.05) is 0 Å². The molecule has 3 rings (SSSR count). The zero-order chi connectivity index (χ0) is 15.5. The maximum atomic E-state index is 12.8. The number of pyridine rings is 1. The highest BCUT2D eigenvalue weighted by Gasteiger charge is 2.23. The van der Waals surface area contributed by atoms with Crippen LogP contribution in [0.5, 0.6) is 6.01 Å². The molecule has 0 N–H and O–H groups in total. The first-order valence-corrected chi connectivity index (χ1v) is 7.57. The second kappa shape index (κ2) is 6.62. The van der Waals surface area contributed by atoms with E-state index in [1.54, 1.807) is 12.3 Å². The predicted octanol–water partition coefficient (Wildman–Crippen LogP) is 3.37. The molecule has 1 aliphatic heterocycles. The van der Waals surface area contributed by atoms with Crippen molar-refractivity contribution >= 4 is 29.0 Å². The lowest BCUT2D eigenvalue weighted by atomic mass is 10.1. The van der Waals surface area contributed by atoms with Crippen molar-refractivity contribution in [2.24, 2.45) is 0 Å². The molecule has 3 heterocycles. The number of aromatic nitrogens is 3. The van der Waals surface area contributed by atoms with Crippen LogP contribution in [-0.4, -0.2) is 34.1 Å². The molecular weight excluding hydrogens is 330 g/mol. The molecule has 1 aliphatic rings. The Morgan fingerprint density at radius 1 is 1.09 bits per heavy atom. The van der Waals surface area contributed by atoms with Gasteiger partial charge in [-0.3, -0.25) is 0 Å². The molecule has 0 amide bonds. The summed E-state index contributed by atoms with van der Waals surface area (Å²) in [7, 11) is 0. The van der Waals surface area contributed by atoms with E-state index in [2.05, 4.69) is 19.9 Å². The van der Waals surface area contributed by atoms with Crippen molar-refractivity contribution in [3.8, 4) is 6.01 Å². The SMILES string of the molecule is Fc1cnc(OC2CCN(c3ncc(Cl)cc3Cl)CC2)nc1. The predicted molar refractivity (Wildman–Crippen MR) is 82.1 cm³/mol. The van der Waals surface area contributed by atoms with Crippen LogP contribution in [-0.2, 0) is 0 Å². The van der Waals surface area contributed by atoms with Crippen molar-refractivity contribution in [2.45, 2.75) is 18.9 Å². The van der Waals surface area contributed by atoms with Crippen molar-refractivity contribution in [3.63, 3.8) is 0 Å². The Hall–Kier alpha value is -1.66. The second-order valence-corrected chi connectivity index (χ2v) is 5.79. The number of ether oxygens (including phenoxy) is 1. The third-order valence-electron chi connectivity index (χ3n) is 3.40. The summed E-state index contributed by atoms with van der Waals surface area (Å²) >= 11 is 12.0. The van der Waals surface area contributed by atoms with E-state index in [4.69, 9.17) is 27.9 Å². The molecule has 0 aliphatic carbocycles. The summed E-state index contributed by atoms with van der Waals surface area (Å²) in [6.07, 6.45) is 5.32. The Morgan fingerprint density at radius 2 is 1.77 bits per heavy atom. The van der Waals surface area contributed by atoms with Gasteiger partial charge in [0.1, 0.15) is 11.9 Å². The van der Waals surface area contributed by atoms with E-state index < -0.39 is 5.82 Å². The number of piperidine rings is 1. The summed E-state index contributed by atoms with van der Waals surface area (Å²) < 4.78 is 18.4. The van der Waals surface area contributed by atoms with Gasteiger partial charge in [-0.1, -0.05) is 23.2 Å². The van der Waals surface area contributed by atoms with E-state index in [-0.39, 0.29) is 12.1 Å². The van der Waals surface area contributed by atoms with Crippen LogP contribution in [0.4, 0.5) is 10.2 Å². The summed E-state index contributed by atoms with van der Waals surface area (Å²) in [5.74, 6) is 0.244. The van der Waals surface area contributed by atoms with E-state index in [0.29, 0.717) is 10.0 Å². The van der Waals surface area contributed by atoms with Crippen molar-refractivity contribution in [1.29, 1.82) is 0 Å². The molecule has 5 nitrogen and oxygen atoms in total. The Labute approximate surface area is 137 Å². The summed E-state index contributed by atoms with van der Waals surface area (Å²) in [6, 6.07) is 1.88. The maximum Gasteiger partial charge on any atom is 0.316 e. The molecule has 0 atom stereocenters. The van der Waals surface area contributed by atoms with Gasteiger partial charge in [0.15, 0.2) is 5.82 Å².